The Labute approximate surface area is 153 Å². The summed E-state index contributed by atoms with van der Waals surface area (Å²) in [4.78, 5) is 11.1. The minimum Gasteiger partial charge on any atom is -0.360 e. The second-order valence-corrected chi connectivity index (χ2v) is 8.08. The van der Waals surface area contributed by atoms with Gasteiger partial charge in [-0.25, -0.2) is 0 Å². The number of piperidine rings is 3. The summed E-state index contributed by atoms with van der Waals surface area (Å²) in [6.45, 7) is 2.53. The fraction of sp³-hybridized carbons (Fsp3) is 0.348. The van der Waals surface area contributed by atoms with Crippen LogP contribution in [-0.2, 0) is 0 Å². The Bertz CT molecular complexity index is 1010. The van der Waals surface area contributed by atoms with Crippen molar-refractivity contribution in [3.63, 3.8) is 0 Å². The molecule has 130 valence electrons. The van der Waals surface area contributed by atoms with Gasteiger partial charge in [-0.15, -0.1) is 0 Å². The number of fused-ring (bicyclic) bond motifs is 5. The molecule has 4 aliphatic rings. The Balaban J connectivity index is 1.49. The molecular formula is C23H23N3. The van der Waals surface area contributed by atoms with Gasteiger partial charge in [0.15, 0.2) is 0 Å². The van der Waals surface area contributed by atoms with Crippen molar-refractivity contribution in [2.45, 2.75) is 31.2 Å². The number of hydrogen-bond acceptors (Lipinski definition) is 2. The van der Waals surface area contributed by atoms with E-state index in [2.05, 4.69) is 64.8 Å². The van der Waals surface area contributed by atoms with E-state index in [1.54, 1.807) is 0 Å². The molecule has 3 heteroatoms. The highest BCUT2D eigenvalue weighted by Crippen LogP contribution is 2.47. The topological polar surface area (TPSA) is 31.4 Å². The lowest BCUT2D eigenvalue weighted by Crippen LogP contribution is -2.51. The van der Waals surface area contributed by atoms with Crippen LogP contribution in [0.25, 0.3) is 22.0 Å². The second kappa shape index (κ2) is 5.55. The summed E-state index contributed by atoms with van der Waals surface area (Å²) in [5, 5.41) is 2.58. The average Bonchev–Trinajstić information content (AvgIpc) is 3.33. The summed E-state index contributed by atoms with van der Waals surface area (Å²) in [7, 11) is 0. The first-order valence-electron chi connectivity index (χ1n) is 9.86. The molecule has 2 bridgehead atoms. The van der Waals surface area contributed by atoms with Crippen LogP contribution in [0.5, 0.6) is 0 Å². The molecule has 4 aliphatic heterocycles. The van der Waals surface area contributed by atoms with Crippen molar-refractivity contribution in [2.24, 2.45) is 10.9 Å². The van der Waals surface area contributed by atoms with Gasteiger partial charge in [0.1, 0.15) is 0 Å². The SMILES string of the molecule is C1=Nc2cccc(-c3[nH]cc4ccccc34)c2C1C1CC2CCN1CC2. The Morgan fingerprint density at radius 1 is 1.00 bits per heavy atom. The number of hydrogen-bond donors (Lipinski definition) is 1. The van der Waals surface area contributed by atoms with Crippen molar-refractivity contribution < 1.29 is 0 Å². The summed E-state index contributed by atoms with van der Waals surface area (Å²) in [6.07, 6.45) is 8.45. The average molecular weight is 341 g/mol. The molecule has 2 atom stereocenters. The molecule has 3 nitrogen and oxygen atoms in total. The van der Waals surface area contributed by atoms with E-state index in [0.717, 1.165) is 11.6 Å². The third kappa shape index (κ3) is 2.07. The Hall–Kier alpha value is -2.39. The number of nitrogens with one attached hydrogen (secondary N) is 1. The maximum atomic E-state index is 4.82. The van der Waals surface area contributed by atoms with E-state index >= 15 is 0 Å². The summed E-state index contributed by atoms with van der Waals surface area (Å²) in [6, 6.07) is 15.9. The first-order chi connectivity index (χ1) is 12.9. The molecule has 2 unspecified atom stereocenters. The number of nitrogens with zero attached hydrogens (tertiary/aromatic N) is 2. The Morgan fingerprint density at radius 2 is 1.88 bits per heavy atom. The van der Waals surface area contributed by atoms with E-state index in [4.69, 9.17) is 4.99 Å². The zero-order valence-electron chi connectivity index (χ0n) is 14.9. The van der Waals surface area contributed by atoms with Crippen LogP contribution in [-0.4, -0.2) is 35.2 Å². The summed E-state index contributed by atoms with van der Waals surface area (Å²) >= 11 is 0. The van der Waals surface area contributed by atoms with E-state index < -0.39 is 0 Å². The van der Waals surface area contributed by atoms with Crippen LogP contribution < -0.4 is 0 Å². The standard InChI is InChI=1S/C23H23N3/c1-2-5-17-16(4-1)13-25-23(17)18-6-3-7-20-22(18)19(14-24-20)21-12-15-8-10-26(21)11-9-15/h1-7,13-15,19,21,25H,8-12H2. The lowest BCUT2D eigenvalue weighted by molar-refractivity contribution is 0.0463. The number of benzene rings is 2. The molecule has 26 heavy (non-hydrogen) atoms. The van der Waals surface area contributed by atoms with Crippen molar-refractivity contribution in [3.05, 3.63) is 54.2 Å². The first kappa shape index (κ1) is 14.7. The van der Waals surface area contributed by atoms with Gasteiger partial charge in [0.25, 0.3) is 0 Å². The van der Waals surface area contributed by atoms with Crippen LogP contribution in [0, 0.1) is 5.92 Å². The molecule has 3 saturated heterocycles. The van der Waals surface area contributed by atoms with E-state index in [1.165, 1.54) is 59.9 Å². The van der Waals surface area contributed by atoms with Crippen LogP contribution in [0.15, 0.2) is 53.7 Å². The largest absolute Gasteiger partial charge is 0.360 e. The van der Waals surface area contributed by atoms with E-state index in [0.29, 0.717) is 12.0 Å². The summed E-state index contributed by atoms with van der Waals surface area (Å²) in [5.41, 5.74) is 5.16. The molecule has 5 heterocycles. The predicted octanol–water partition coefficient (Wildman–Crippen LogP) is 5.12. The highest BCUT2D eigenvalue weighted by molar-refractivity contribution is 5.99. The fourth-order valence-electron chi connectivity index (χ4n) is 5.45. The van der Waals surface area contributed by atoms with Crippen molar-refractivity contribution in [1.82, 2.24) is 9.88 Å². The smallest absolute Gasteiger partial charge is 0.0671 e. The van der Waals surface area contributed by atoms with E-state index in [1.807, 2.05) is 0 Å². The molecule has 3 aromatic rings. The molecule has 7 rings (SSSR count). The number of aliphatic imine (C=N–C) groups is 1. The quantitative estimate of drug-likeness (QED) is 0.689. The fourth-order valence-corrected chi connectivity index (χ4v) is 5.45. The van der Waals surface area contributed by atoms with Crippen LogP contribution in [0.2, 0.25) is 0 Å². The van der Waals surface area contributed by atoms with Crippen LogP contribution in [0.3, 0.4) is 0 Å². The zero-order valence-corrected chi connectivity index (χ0v) is 14.9. The lowest BCUT2D eigenvalue weighted by Gasteiger charge is -2.47. The van der Waals surface area contributed by atoms with Crippen molar-refractivity contribution in [3.8, 4) is 11.3 Å². The van der Waals surface area contributed by atoms with Crippen LogP contribution >= 0.6 is 0 Å². The molecule has 0 aliphatic carbocycles. The Morgan fingerprint density at radius 3 is 2.73 bits per heavy atom. The van der Waals surface area contributed by atoms with Gasteiger partial charge in [0, 0.05) is 35.3 Å². The van der Waals surface area contributed by atoms with Crippen LogP contribution in [0.1, 0.15) is 30.7 Å². The molecule has 0 saturated carbocycles. The van der Waals surface area contributed by atoms with Crippen molar-refractivity contribution >= 4 is 22.7 Å². The molecule has 1 N–H and O–H groups in total. The van der Waals surface area contributed by atoms with E-state index in [-0.39, 0.29) is 0 Å². The van der Waals surface area contributed by atoms with Gasteiger partial charge in [-0.3, -0.25) is 9.89 Å². The Kier molecular flexibility index (Phi) is 3.15. The van der Waals surface area contributed by atoms with Gasteiger partial charge < -0.3 is 4.98 Å². The van der Waals surface area contributed by atoms with Gasteiger partial charge >= 0.3 is 0 Å². The molecule has 2 aromatic carbocycles. The van der Waals surface area contributed by atoms with Gasteiger partial charge in [-0.05, 0) is 55.3 Å². The second-order valence-electron chi connectivity index (χ2n) is 8.08. The highest BCUT2D eigenvalue weighted by atomic mass is 15.2. The minimum absolute atomic E-state index is 0.423. The third-order valence-electron chi connectivity index (χ3n) is 6.77. The van der Waals surface area contributed by atoms with Crippen LogP contribution in [0.4, 0.5) is 5.69 Å². The normalized spacial score (nSPS) is 29.4. The monoisotopic (exact) mass is 341 g/mol. The molecule has 0 amide bonds. The predicted molar refractivity (Wildman–Crippen MR) is 107 cm³/mol. The number of aromatic nitrogens is 1. The maximum Gasteiger partial charge on any atom is 0.0671 e. The molecular weight excluding hydrogens is 318 g/mol. The molecule has 1 aromatic heterocycles. The van der Waals surface area contributed by atoms with Crippen molar-refractivity contribution in [1.29, 1.82) is 0 Å². The van der Waals surface area contributed by atoms with E-state index in [9.17, 15) is 0 Å². The lowest BCUT2D eigenvalue weighted by atomic mass is 9.76. The maximum absolute atomic E-state index is 4.82. The van der Waals surface area contributed by atoms with Gasteiger partial charge in [0.05, 0.1) is 11.4 Å². The van der Waals surface area contributed by atoms with Gasteiger partial charge in [-0.2, -0.15) is 0 Å². The molecule has 0 radical (unpaired) electrons. The number of H-pyrrole nitrogens is 1. The van der Waals surface area contributed by atoms with Gasteiger partial charge in [0.2, 0.25) is 0 Å². The first-order valence-corrected chi connectivity index (χ1v) is 9.86. The molecule has 3 fully saturated rings. The molecule has 0 spiro atoms. The zero-order chi connectivity index (χ0) is 17.1. The minimum atomic E-state index is 0.423. The van der Waals surface area contributed by atoms with Gasteiger partial charge in [-0.1, -0.05) is 36.4 Å². The third-order valence-corrected chi connectivity index (χ3v) is 6.77. The summed E-state index contributed by atoms with van der Waals surface area (Å²) < 4.78 is 0. The number of aromatic amines is 1. The number of rotatable bonds is 2. The summed E-state index contributed by atoms with van der Waals surface area (Å²) in [5.74, 6) is 1.34. The highest BCUT2D eigenvalue weighted by Gasteiger charge is 2.40. The van der Waals surface area contributed by atoms with Crippen molar-refractivity contribution in [2.75, 3.05) is 13.1 Å².